The minimum atomic E-state index is -0.893. The van der Waals surface area contributed by atoms with Crippen LogP contribution in [0.4, 0.5) is 0 Å². The Morgan fingerprint density at radius 2 is 1.87 bits per heavy atom. The van der Waals surface area contributed by atoms with E-state index in [4.69, 9.17) is 14.6 Å². The van der Waals surface area contributed by atoms with Crippen molar-refractivity contribution in [3.63, 3.8) is 0 Å². The summed E-state index contributed by atoms with van der Waals surface area (Å²) in [6, 6.07) is 13.6. The molecule has 2 aromatic carbocycles. The molecule has 122 valence electrons. The number of para-hydroxylation sites is 1. The number of carbonyl (C=O) groups is 1. The lowest BCUT2D eigenvalue weighted by Crippen LogP contribution is -2.22. The molecule has 5 heteroatoms. The van der Waals surface area contributed by atoms with Gasteiger partial charge in [-0.25, -0.2) is 0 Å². The van der Waals surface area contributed by atoms with Crippen LogP contribution < -0.4 is 14.8 Å². The minimum Gasteiger partial charge on any atom is -0.493 e. The van der Waals surface area contributed by atoms with Crippen molar-refractivity contribution in [2.24, 2.45) is 0 Å². The first-order chi connectivity index (χ1) is 11.1. The van der Waals surface area contributed by atoms with Crippen LogP contribution in [0.15, 0.2) is 42.5 Å². The number of rotatable bonds is 8. The molecule has 2 aromatic rings. The number of hydrogen-bond donors (Lipinski definition) is 2. The zero-order chi connectivity index (χ0) is 16.7. The topological polar surface area (TPSA) is 67.8 Å². The number of ether oxygens (including phenoxy) is 2. The second-order valence-corrected chi connectivity index (χ2v) is 5.16. The van der Waals surface area contributed by atoms with E-state index in [1.54, 1.807) is 7.11 Å². The van der Waals surface area contributed by atoms with Gasteiger partial charge in [-0.05, 0) is 24.1 Å². The molecular formula is C18H21NO4. The summed E-state index contributed by atoms with van der Waals surface area (Å²) in [7, 11) is 1.59. The van der Waals surface area contributed by atoms with E-state index in [-0.39, 0.29) is 6.54 Å². The van der Waals surface area contributed by atoms with Crippen molar-refractivity contribution in [2.75, 3.05) is 13.7 Å². The number of carboxylic acids is 1. The fourth-order valence-corrected chi connectivity index (χ4v) is 2.25. The van der Waals surface area contributed by atoms with Crippen molar-refractivity contribution in [2.45, 2.75) is 20.1 Å². The molecule has 0 bridgehead atoms. The zero-order valence-corrected chi connectivity index (χ0v) is 13.3. The molecule has 23 heavy (non-hydrogen) atoms. The van der Waals surface area contributed by atoms with Gasteiger partial charge in [-0.15, -0.1) is 0 Å². The van der Waals surface area contributed by atoms with Gasteiger partial charge in [-0.1, -0.05) is 36.4 Å². The van der Waals surface area contributed by atoms with Crippen LogP contribution in [0.2, 0.25) is 0 Å². The highest BCUT2D eigenvalue weighted by molar-refractivity contribution is 5.69. The molecule has 0 radical (unpaired) electrons. The maximum absolute atomic E-state index is 10.6. The first-order valence-corrected chi connectivity index (χ1v) is 7.37. The Bertz CT molecular complexity index is 670. The summed E-state index contributed by atoms with van der Waals surface area (Å²) in [5, 5.41) is 11.6. The normalized spacial score (nSPS) is 10.3. The fourth-order valence-electron chi connectivity index (χ4n) is 2.25. The van der Waals surface area contributed by atoms with Crippen LogP contribution in [0.5, 0.6) is 11.5 Å². The lowest BCUT2D eigenvalue weighted by molar-refractivity contribution is -0.136. The first-order valence-electron chi connectivity index (χ1n) is 7.37. The van der Waals surface area contributed by atoms with E-state index < -0.39 is 5.97 Å². The summed E-state index contributed by atoms with van der Waals surface area (Å²) in [5.41, 5.74) is 3.12. The van der Waals surface area contributed by atoms with Gasteiger partial charge in [0.15, 0.2) is 11.5 Å². The van der Waals surface area contributed by atoms with Gasteiger partial charge in [-0.3, -0.25) is 4.79 Å². The van der Waals surface area contributed by atoms with E-state index in [9.17, 15) is 4.79 Å². The van der Waals surface area contributed by atoms with Gasteiger partial charge in [0.25, 0.3) is 0 Å². The summed E-state index contributed by atoms with van der Waals surface area (Å²) in [4.78, 5) is 10.6. The molecule has 0 fully saturated rings. The van der Waals surface area contributed by atoms with Crippen LogP contribution in [0.3, 0.4) is 0 Å². The van der Waals surface area contributed by atoms with E-state index >= 15 is 0 Å². The molecule has 0 amide bonds. The Hall–Kier alpha value is -2.53. The van der Waals surface area contributed by atoms with E-state index in [1.807, 2.05) is 49.4 Å². The van der Waals surface area contributed by atoms with Crippen LogP contribution in [0.1, 0.15) is 16.7 Å². The monoisotopic (exact) mass is 315 g/mol. The highest BCUT2D eigenvalue weighted by Crippen LogP contribution is 2.32. The van der Waals surface area contributed by atoms with E-state index in [2.05, 4.69) is 5.32 Å². The Morgan fingerprint density at radius 1 is 1.13 bits per heavy atom. The molecule has 0 aliphatic rings. The van der Waals surface area contributed by atoms with Gasteiger partial charge in [0, 0.05) is 12.1 Å². The lowest BCUT2D eigenvalue weighted by Gasteiger charge is -2.16. The Labute approximate surface area is 135 Å². The molecule has 0 atom stereocenters. The lowest BCUT2D eigenvalue weighted by atomic mass is 10.1. The van der Waals surface area contributed by atoms with Crippen LogP contribution in [0, 0.1) is 6.92 Å². The number of methoxy groups -OCH3 is 1. The summed E-state index contributed by atoms with van der Waals surface area (Å²) in [6.45, 7) is 2.76. The summed E-state index contributed by atoms with van der Waals surface area (Å²) < 4.78 is 11.3. The van der Waals surface area contributed by atoms with Crippen LogP contribution in [-0.4, -0.2) is 24.7 Å². The Morgan fingerprint density at radius 3 is 2.57 bits per heavy atom. The average Bonchev–Trinajstić information content (AvgIpc) is 2.54. The number of aryl methyl sites for hydroxylation is 1. The number of aliphatic carboxylic acids is 1. The molecule has 0 saturated carbocycles. The minimum absolute atomic E-state index is 0.103. The Kier molecular flexibility index (Phi) is 6.00. The Balaban J connectivity index is 2.14. The summed E-state index contributed by atoms with van der Waals surface area (Å²) in [5.74, 6) is 0.375. The van der Waals surface area contributed by atoms with Crippen LogP contribution >= 0.6 is 0 Å². The number of nitrogens with one attached hydrogen (secondary N) is 1. The fraction of sp³-hybridized carbons (Fsp3) is 0.278. The van der Waals surface area contributed by atoms with Gasteiger partial charge < -0.3 is 19.9 Å². The van der Waals surface area contributed by atoms with Crippen molar-refractivity contribution < 1.29 is 19.4 Å². The molecule has 2 rings (SSSR count). The molecule has 0 aromatic heterocycles. The largest absolute Gasteiger partial charge is 0.493 e. The SMILES string of the molecule is COc1cccc(CNCC(=O)O)c1OCc1ccccc1C. The van der Waals surface area contributed by atoms with Crippen molar-refractivity contribution >= 4 is 5.97 Å². The highest BCUT2D eigenvalue weighted by Gasteiger charge is 2.11. The smallest absolute Gasteiger partial charge is 0.317 e. The van der Waals surface area contributed by atoms with Gasteiger partial charge >= 0.3 is 5.97 Å². The molecule has 0 heterocycles. The maximum atomic E-state index is 10.6. The predicted octanol–water partition coefficient (Wildman–Crippen LogP) is 2.76. The van der Waals surface area contributed by atoms with Crippen LogP contribution in [-0.2, 0) is 17.9 Å². The van der Waals surface area contributed by atoms with Crippen LogP contribution in [0.25, 0.3) is 0 Å². The van der Waals surface area contributed by atoms with E-state index in [0.29, 0.717) is 24.7 Å². The first kappa shape index (κ1) is 16.8. The maximum Gasteiger partial charge on any atom is 0.317 e. The molecule has 0 unspecified atom stereocenters. The molecule has 0 saturated heterocycles. The highest BCUT2D eigenvalue weighted by atomic mass is 16.5. The third kappa shape index (κ3) is 4.72. The second-order valence-electron chi connectivity index (χ2n) is 5.16. The second kappa shape index (κ2) is 8.19. The summed E-state index contributed by atoms with van der Waals surface area (Å²) in [6.07, 6.45) is 0. The van der Waals surface area contributed by atoms with Crippen molar-refractivity contribution in [1.82, 2.24) is 5.32 Å². The molecule has 0 spiro atoms. The molecule has 2 N–H and O–H groups in total. The van der Waals surface area contributed by atoms with Crippen molar-refractivity contribution in [1.29, 1.82) is 0 Å². The predicted molar refractivity (Wildman–Crippen MR) is 87.8 cm³/mol. The summed E-state index contributed by atoms with van der Waals surface area (Å²) >= 11 is 0. The number of hydrogen-bond acceptors (Lipinski definition) is 4. The van der Waals surface area contributed by atoms with Gasteiger partial charge in [-0.2, -0.15) is 0 Å². The molecule has 0 aliphatic heterocycles. The molecule has 0 aliphatic carbocycles. The zero-order valence-electron chi connectivity index (χ0n) is 13.3. The van der Waals surface area contributed by atoms with Gasteiger partial charge in [0.2, 0.25) is 0 Å². The number of carboxylic acid groups (broad SMARTS) is 1. The molecule has 5 nitrogen and oxygen atoms in total. The standard InChI is InChI=1S/C18H21NO4/c1-13-6-3-4-7-15(13)12-23-18-14(10-19-11-17(20)21)8-5-9-16(18)22-2/h3-9,19H,10-12H2,1-2H3,(H,20,21). The van der Waals surface area contributed by atoms with Gasteiger partial charge in [0.1, 0.15) is 6.61 Å². The third-order valence-corrected chi connectivity index (χ3v) is 3.51. The number of benzene rings is 2. The van der Waals surface area contributed by atoms with E-state index in [0.717, 1.165) is 16.7 Å². The molecular weight excluding hydrogens is 294 g/mol. The third-order valence-electron chi connectivity index (χ3n) is 3.51. The average molecular weight is 315 g/mol. The van der Waals surface area contributed by atoms with Crippen molar-refractivity contribution in [3.05, 3.63) is 59.2 Å². The quantitative estimate of drug-likeness (QED) is 0.784. The van der Waals surface area contributed by atoms with Crippen molar-refractivity contribution in [3.8, 4) is 11.5 Å². The van der Waals surface area contributed by atoms with E-state index in [1.165, 1.54) is 0 Å². The van der Waals surface area contributed by atoms with Gasteiger partial charge in [0.05, 0.1) is 13.7 Å².